The van der Waals surface area contributed by atoms with Crippen molar-refractivity contribution in [2.45, 2.75) is 37.6 Å². The molecular weight excluding hydrogens is 268 g/mol. The largest absolute Gasteiger partial charge is 0.480 e. The Morgan fingerprint density at radius 3 is 2.40 bits per heavy atom. The van der Waals surface area contributed by atoms with Gasteiger partial charge in [0.05, 0.1) is 5.56 Å². The summed E-state index contributed by atoms with van der Waals surface area (Å²) in [4.78, 5) is 23.4. The highest BCUT2D eigenvalue weighted by Crippen LogP contribution is 2.29. The summed E-state index contributed by atoms with van der Waals surface area (Å²) in [5, 5.41) is 11.7. The van der Waals surface area contributed by atoms with Crippen molar-refractivity contribution in [2.24, 2.45) is 0 Å². The third-order valence-electron chi connectivity index (χ3n) is 3.64. The molecule has 1 amide bonds. The molecule has 0 bridgehead atoms. The topological polar surface area (TPSA) is 66.4 Å². The van der Waals surface area contributed by atoms with Crippen molar-refractivity contribution in [1.29, 1.82) is 0 Å². The van der Waals surface area contributed by atoms with Crippen LogP contribution < -0.4 is 5.32 Å². The molecule has 4 nitrogen and oxygen atoms in total. The molecule has 6 heteroatoms. The van der Waals surface area contributed by atoms with Gasteiger partial charge in [-0.25, -0.2) is 13.6 Å². The highest BCUT2D eigenvalue weighted by molar-refractivity contribution is 5.98. The highest BCUT2D eigenvalue weighted by Gasteiger charge is 2.41. The van der Waals surface area contributed by atoms with E-state index in [-0.39, 0.29) is 0 Å². The van der Waals surface area contributed by atoms with E-state index in [1.54, 1.807) is 0 Å². The average molecular weight is 283 g/mol. The molecule has 108 valence electrons. The Labute approximate surface area is 114 Å². The van der Waals surface area contributed by atoms with Crippen LogP contribution in [0.5, 0.6) is 0 Å². The van der Waals surface area contributed by atoms with Gasteiger partial charge >= 0.3 is 5.97 Å². The van der Waals surface area contributed by atoms with Crippen LogP contribution >= 0.6 is 0 Å². The second-order valence-corrected chi connectivity index (χ2v) is 5.03. The predicted molar refractivity (Wildman–Crippen MR) is 67.3 cm³/mol. The molecule has 2 rings (SSSR count). The van der Waals surface area contributed by atoms with Gasteiger partial charge in [0.1, 0.15) is 17.2 Å². The number of nitrogens with one attached hydrogen (secondary N) is 1. The zero-order valence-electron chi connectivity index (χ0n) is 10.8. The standard InChI is InChI=1S/C14H15F2NO3/c15-9-4-5-11(16)10(8-9)12(18)17-14(13(19)20)6-2-1-3-7-14/h4-5,8H,1-3,6-7H2,(H,17,18)(H,19,20). The fourth-order valence-corrected chi connectivity index (χ4v) is 2.50. The third kappa shape index (κ3) is 2.79. The average Bonchev–Trinajstić information content (AvgIpc) is 2.42. The molecule has 0 atom stereocenters. The first-order chi connectivity index (χ1) is 9.44. The first-order valence-corrected chi connectivity index (χ1v) is 6.45. The Morgan fingerprint density at radius 2 is 1.80 bits per heavy atom. The number of carboxylic acid groups (broad SMARTS) is 1. The summed E-state index contributed by atoms with van der Waals surface area (Å²) in [6.45, 7) is 0. The number of hydrogen-bond donors (Lipinski definition) is 2. The first kappa shape index (κ1) is 14.4. The lowest BCUT2D eigenvalue weighted by molar-refractivity contribution is -0.145. The quantitative estimate of drug-likeness (QED) is 0.895. The van der Waals surface area contributed by atoms with Crippen LogP contribution in [-0.4, -0.2) is 22.5 Å². The SMILES string of the molecule is O=C(NC1(C(=O)O)CCCCC1)c1cc(F)ccc1F. The molecule has 1 saturated carbocycles. The van der Waals surface area contributed by atoms with Gasteiger partial charge in [-0.05, 0) is 31.0 Å². The van der Waals surface area contributed by atoms with Gasteiger partial charge in [-0.15, -0.1) is 0 Å². The summed E-state index contributed by atoms with van der Waals surface area (Å²) >= 11 is 0. The fourth-order valence-electron chi connectivity index (χ4n) is 2.50. The van der Waals surface area contributed by atoms with Gasteiger partial charge in [0.2, 0.25) is 0 Å². The molecule has 0 aromatic heterocycles. The summed E-state index contributed by atoms with van der Waals surface area (Å²) in [5.41, 5.74) is -1.86. The van der Waals surface area contributed by atoms with Gasteiger partial charge in [-0.2, -0.15) is 0 Å². The number of halogens is 2. The number of carboxylic acids is 1. The number of benzene rings is 1. The molecule has 0 aliphatic heterocycles. The Kier molecular flexibility index (Phi) is 4.01. The Morgan fingerprint density at radius 1 is 1.15 bits per heavy atom. The van der Waals surface area contributed by atoms with Crippen LogP contribution in [0.4, 0.5) is 8.78 Å². The Bertz CT molecular complexity index is 539. The van der Waals surface area contributed by atoms with Crippen LogP contribution in [0.2, 0.25) is 0 Å². The summed E-state index contributed by atoms with van der Waals surface area (Å²) in [6, 6.07) is 2.52. The lowest BCUT2D eigenvalue weighted by Crippen LogP contribution is -2.55. The minimum Gasteiger partial charge on any atom is -0.480 e. The first-order valence-electron chi connectivity index (χ1n) is 6.45. The predicted octanol–water partition coefficient (Wildman–Crippen LogP) is 2.48. The second kappa shape index (κ2) is 5.56. The van der Waals surface area contributed by atoms with E-state index in [1.807, 2.05) is 0 Å². The maximum Gasteiger partial charge on any atom is 0.329 e. The van der Waals surface area contributed by atoms with Gasteiger partial charge in [0.15, 0.2) is 0 Å². The van der Waals surface area contributed by atoms with Crippen LogP contribution in [0.1, 0.15) is 42.5 Å². The number of hydrogen-bond acceptors (Lipinski definition) is 2. The third-order valence-corrected chi connectivity index (χ3v) is 3.64. The summed E-state index contributed by atoms with van der Waals surface area (Å²) in [7, 11) is 0. The smallest absolute Gasteiger partial charge is 0.329 e. The van der Waals surface area contributed by atoms with Crippen LogP contribution in [0.25, 0.3) is 0 Å². The van der Waals surface area contributed by atoms with Crippen molar-refractivity contribution < 1.29 is 23.5 Å². The number of carbonyl (C=O) groups is 2. The van der Waals surface area contributed by atoms with Gasteiger partial charge in [0.25, 0.3) is 5.91 Å². The molecule has 20 heavy (non-hydrogen) atoms. The van der Waals surface area contributed by atoms with Gasteiger partial charge in [-0.3, -0.25) is 4.79 Å². The van der Waals surface area contributed by atoms with Crippen molar-refractivity contribution in [3.05, 3.63) is 35.4 Å². The van der Waals surface area contributed by atoms with Gasteiger partial charge in [0, 0.05) is 0 Å². The molecule has 0 heterocycles. The van der Waals surface area contributed by atoms with Crippen molar-refractivity contribution in [3.8, 4) is 0 Å². The molecule has 0 radical (unpaired) electrons. The lowest BCUT2D eigenvalue weighted by atomic mass is 9.81. The molecule has 0 spiro atoms. The zero-order chi connectivity index (χ0) is 14.8. The monoisotopic (exact) mass is 283 g/mol. The maximum atomic E-state index is 13.5. The van der Waals surface area contributed by atoms with Crippen LogP contribution in [0.15, 0.2) is 18.2 Å². The number of amides is 1. The number of aliphatic carboxylic acids is 1. The fraction of sp³-hybridized carbons (Fsp3) is 0.429. The van der Waals surface area contributed by atoms with Crippen LogP contribution in [-0.2, 0) is 4.79 Å². The molecule has 1 aromatic rings. The summed E-state index contributed by atoms with van der Waals surface area (Å²) in [5.74, 6) is -3.65. The van der Waals surface area contributed by atoms with Crippen LogP contribution in [0, 0.1) is 11.6 Å². The minimum atomic E-state index is -1.38. The Balaban J connectivity index is 2.24. The maximum absolute atomic E-state index is 13.5. The highest BCUT2D eigenvalue weighted by atomic mass is 19.1. The Hall–Kier alpha value is -1.98. The van der Waals surface area contributed by atoms with E-state index < -0.39 is 34.6 Å². The zero-order valence-corrected chi connectivity index (χ0v) is 10.8. The molecule has 1 aromatic carbocycles. The van der Waals surface area contributed by atoms with Gasteiger partial charge in [-0.1, -0.05) is 19.3 Å². The van der Waals surface area contributed by atoms with E-state index in [9.17, 15) is 23.5 Å². The van der Waals surface area contributed by atoms with E-state index in [0.29, 0.717) is 25.7 Å². The molecule has 2 N–H and O–H groups in total. The van der Waals surface area contributed by atoms with E-state index >= 15 is 0 Å². The van der Waals surface area contributed by atoms with E-state index in [4.69, 9.17) is 0 Å². The second-order valence-electron chi connectivity index (χ2n) is 5.03. The van der Waals surface area contributed by atoms with Crippen molar-refractivity contribution in [3.63, 3.8) is 0 Å². The molecular formula is C14H15F2NO3. The summed E-state index contributed by atoms with van der Waals surface area (Å²) in [6.07, 6.45) is 2.85. The molecule has 1 fully saturated rings. The molecule has 0 saturated heterocycles. The molecule has 0 unspecified atom stereocenters. The minimum absolute atomic E-state index is 0.297. The van der Waals surface area contributed by atoms with Crippen molar-refractivity contribution in [1.82, 2.24) is 5.32 Å². The molecule has 1 aliphatic carbocycles. The molecule has 1 aliphatic rings. The number of carbonyl (C=O) groups excluding carboxylic acids is 1. The van der Waals surface area contributed by atoms with Crippen LogP contribution in [0.3, 0.4) is 0 Å². The van der Waals surface area contributed by atoms with E-state index in [0.717, 1.165) is 24.6 Å². The number of rotatable bonds is 3. The summed E-state index contributed by atoms with van der Waals surface area (Å²) < 4.78 is 26.6. The van der Waals surface area contributed by atoms with Gasteiger partial charge < -0.3 is 10.4 Å². The normalized spacial score (nSPS) is 17.5. The van der Waals surface area contributed by atoms with Crippen molar-refractivity contribution >= 4 is 11.9 Å². The van der Waals surface area contributed by atoms with Crippen molar-refractivity contribution in [2.75, 3.05) is 0 Å². The van der Waals surface area contributed by atoms with E-state index in [2.05, 4.69) is 5.32 Å². The lowest BCUT2D eigenvalue weighted by Gasteiger charge is -2.34. The van der Waals surface area contributed by atoms with E-state index in [1.165, 1.54) is 0 Å².